The van der Waals surface area contributed by atoms with Crippen molar-refractivity contribution in [1.82, 2.24) is 4.90 Å². The topological polar surface area (TPSA) is 27.0 Å². The SMILES string of the molecule is CN1CCC(c2ccc(C#N)cc2Cl)CC1. The summed E-state index contributed by atoms with van der Waals surface area (Å²) in [7, 11) is 2.15. The van der Waals surface area contributed by atoms with Crippen molar-refractivity contribution in [3.05, 3.63) is 34.3 Å². The van der Waals surface area contributed by atoms with E-state index in [1.165, 1.54) is 5.56 Å². The van der Waals surface area contributed by atoms with E-state index in [1.54, 1.807) is 6.07 Å². The molecule has 3 heteroatoms. The van der Waals surface area contributed by atoms with Gasteiger partial charge in [0.15, 0.2) is 0 Å². The summed E-state index contributed by atoms with van der Waals surface area (Å²) in [6.07, 6.45) is 2.31. The summed E-state index contributed by atoms with van der Waals surface area (Å²) in [5, 5.41) is 9.53. The highest BCUT2D eigenvalue weighted by Crippen LogP contribution is 2.32. The lowest BCUT2D eigenvalue weighted by atomic mass is 9.89. The fourth-order valence-corrected chi connectivity index (χ4v) is 2.58. The van der Waals surface area contributed by atoms with Crippen molar-refractivity contribution >= 4 is 11.6 Å². The molecule has 0 saturated carbocycles. The first kappa shape index (κ1) is 11.4. The summed E-state index contributed by atoms with van der Waals surface area (Å²) in [4.78, 5) is 2.34. The van der Waals surface area contributed by atoms with Gasteiger partial charge >= 0.3 is 0 Å². The third-order valence-electron chi connectivity index (χ3n) is 3.29. The van der Waals surface area contributed by atoms with E-state index in [2.05, 4.69) is 18.0 Å². The van der Waals surface area contributed by atoms with Crippen LogP contribution in [0, 0.1) is 11.3 Å². The first-order chi connectivity index (χ1) is 7.70. The average molecular weight is 235 g/mol. The second kappa shape index (κ2) is 4.86. The molecule has 1 aromatic carbocycles. The number of nitriles is 1. The molecule has 0 spiro atoms. The number of benzene rings is 1. The van der Waals surface area contributed by atoms with Crippen LogP contribution in [0.4, 0.5) is 0 Å². The van der Waals surface area contributed by atoms with Crippen molar-refractivity contribution in [2.45, 2.75) is 18.8 Å². The van der Waals surface area contributed by atoms with Gasteiger partial charge in [-0.3, -0.25) is 0 Å². The van der Waals surface area contributed by atoms with Gasteiger partial charge in [0.1, 0.15) is 0 Å². The van der Waals surface area contributed by atoms with Gasteiger partial charge in [-0.15, -0.1) is 0 Å². The van der Waals surface area contributed by atoms with Gasteiger partial charge in [-0.25, -0.2) is 0 Å². The number of halogens is 1. The summed E-state index contributed by atoms with van der Waals surface area (Å²) in [6.45, 7) is 2.25. The third-order valence-corrected chi connectivity index (χ3v) is 3.62. The monoisotopic (exact) mass is 234 g/mol. The molecule has 2 rings (SSSR count). The molecular weight excluding hydrogens is 220 g/mol. The van der Waals surface area contributed by atoms with Crippen LogP contribution in [0.25, 0.3) is 0 Å². The van der Waals surface area contributed by atoms with Crippen LogP contribution in [0.5, 0.6) is 0 Å². The van der Waals surface area contributed by atoms with Gasteiger partial charge in [0, 0.05) is 5.02 Å². The number of likely N-dealkylation sites (tertiary alicyclic amines) is 1. The highest BCUT2D eigenvalue weighted by molar-refractivity contribution is 6.31. The van der Waals surface area contributed by atoms with Gasteiger partial charge in [0.2, 0.25) is 0 Å². The number of nitrogens with zero attached hydrogens (tertiary/aromatic N) is 2. The molecule has 84 valence electrons. The van der Waals surface area contributed by atoms with Crippen molar-refractivity contribution in [3.8, 4) is 6.07 Å². The summed E-state index contributed by atoms with van der Waals surface area (Å²) in [6, 6.07) is 7.76. The molecule has 0 aromatic heterocycles. The maximum Gasteiger partial charge on any atom is 0.0992 e. The van der Waals surface area contributed by atoms with Crippen molar-refractivity contribution in [2.24, 2.45) is 0 Å². The number of rotatable bonds is 1. The van der Waals surface area contributed by atoms with E-state index in [9.17, 15) is 0 Å². The molecule has 0 bridgehead atoms. The van der Waals surface area contributed by atoms with Crippen molar-refractivity contribution in [1.29, 1.82) is 5.26 Å². The maximum absolute atomic E-state index is 8.78. The van der Waals surface area contributed by atoms with Gasteiger partial charge < -0.3 is 4.90 Å². The lowest BCUT2D eigenvalue weighted by molar-refractivity contribution is 0.255. The van der Waals surface area contributed by atoms with Gasteiger partial charge in [-0.1, -0.05) is 17.7 Å². The lowest BCUT2D eigenvalue weighted by Gasteiger charge is -2.29. The molecule has 2 nitrogen and oxygen atoms in total. The Morgan fingerprint density at radius 1 is 1.38 bits per heavy atom. The Labute approximate surface area is 101 Å². The van der Waals surface area contributed by atoms with E-state index >= 15 is 0 Å². The third kappa shape index (κ3) is 2.37. The highest BCUT2D eigenvalue weighted by Gasteiger charge is 2.20. The van der Waals surface area contributed by atoms with E-state index in [4.69, 9.17) is 16.9 Å². The average Bonchev–Trinajstić information content (AvgIpc) is 2.30. The van der Waals surface area contributed by atoms with Crippen LogP contribution in [0.3, 0.4) is 0 Å². The molecule has 1 fully saturated rings. The molecular formula is C13H15ClN2. The predicted molar refractivity (Wildman–Crippen MR) is 65.6 cm³/mol. The molecule has 0 N–H and O–H groups in total. The second-order valence-corrected chi connectivity index (χ2v) is 4.83. The van der Waals surface area contributed by atoms with Crippen LogP contribution in [0.15, 0.2) is 18.2 Å². The minimum absolute atomic E-state index is 0.552. The minimum Gasteiger partial charge on any atom is -0.306 e. The molecule has 16 heavy (non-hydrogen) atoms. The molecule has 0 amide bonds. The van der Waals surface area contributed by atoms with Crippen LogP contribution in [0.2, 0.25) is 5.02 Å². The van der Waals surface area contributed by atoms with Gasteiger partial charge in [-0.2, -0.15) is 5.26 Å². The zero-order valence-corrected chi connectivity index (χ0v) is 10.2. The molecule has 1 aromatic rings. The summed E-state index contributed by atoms with van der Waals surface area (Å²) in [5.41, 5.74) is 1.84. The quantitative estimate of drug-likeness (QED) is 0.747. The van der Waals surface area contributed by atoms with Crippen LogP contribution in [0.1, 0.15) is 29.9 Å². The molecule has 0 atom stereocenters. The van der Waals surface area contributed by atoms with Gasteiger partial charge in [-0.05, 0) is 56.6 Å². The highest BCUT2D eigenvalue weighted by atomic mass is 35.5. The number of piperidine rings is 1. The fourth-order valence-electron chi connectivity index (χ4n) is 2.25. The molecule has 0 aliphatic carbocycles. The van der Waals surface area contributed by atoms with Crippen molar-refractivity contribution in [3.63, 3.8) is 0 Å². The molecule has 0 unspecified atom stereocenters. The van der Waals surface area contributed by atoms with Crippen molar-refractivity contribution < 1.29 is 0 Å². The van der Waals surface area contributed by atoms with Crippen LogP contribution in [-0.2, 0) is 0 Å². The van der Waals surface area contributed by atoms with Crippen LogP contribution >= 0.6 is 11.6 Å². The molecule has 1 heterocycles. The van der Waals surface area contributed by atoms with Gasteiger partial charge in [0.25, 0.3) is 0 Å². The summed E-state index contributed by atoms with van der Waals surface area (Å²) >= 11 is 6.21. The summed E-state index contributed by atoms with van der Waals surface area (Å²) < 4.78 is 0. The Kier molecular flexibility index (Phi) is 3.48. The largest absolute Gasteiger partial charge is 0.306 e. The van der Waals surface area contributed by atoms with E-state index in [0.717, 1.165) is 31.0 Å². The van der Waals surface area contributed by atoms with E-state index < -0.39 is 0 Å². The molecule has 1 aliphatic rings. The Hall–Kier alpha value is -1.04. The van der Waals surface area contributed by atoms with Crippen LogP contribution in [-0.4, -0.2) is 25.0 Å². The Morgan fingerprint density at radius 2 is 2.06 bits per heavy atom. The van der Waals surface area contributed by atoms with Gasteiger partial charge in [0.05, 0.1) is 11.6 Å². The van der Waals surface area contributed by atoms with Crippen LogP contribution < -0.4 is 0 Å². The predicted octanol–water partition coefficient (Wildman–Crippen LogP) is 3.02. The normalized spacial score (nSPS) is 18.3. The Bertz CT molecular complexity index is 414. The smallest absolute Gasteiger partial charge is 0.0992 e. The summed E-state index contributed by atoms with van der Waals surface area (Å²) in [5.74, 6) is 0.552. The Morgan fingerprint density at radius 3 is 2.62 bits per heavy atom. The zero-order chi connectivity index (χ0) is 11.5. The maximum atomic E-state index is 8.78. The number of hydrogen-bond donors (Lipinski definition) is 0. The van der Waals surface area contributed by atoms with E-state index in [1.807, 2.05) is 12.1 Å². The lowest BCUT2D eigenvalue weighted by Crippen LogP contribution is -2.29. The molecule has 1 aliphatic heterocycles. The van der Waals surface area contributed by atoms with Crippen molar-refractivity contribution in [2.75, 3.05) is 20.1 Å². The zero-order valence-electron chi connectivity index (χ0n) is 9.41. The molecule has 0 radical (unpaired) electrons. The van der Waals surface area contributed by atoms with E-state index in [-0.39, 0.29) is 0 Å². The second-order valence-electron chi connectivity index (χ2n) is 4.43. The molecule has 1 saturated heterocycles. The number of hydrogen-bond acceptors (Lipinski definition) is 2. The van der Waals surface area contributed by atoms with E-state index in [0.29, 0.717) is 11.5 Å². The Balaban J connectivity index is 2.18. The fraction of sp³-hybridized carbons (Fsp3) is 0.462. The first-order valence-corrected chi connectivity index (χ1v) is 5.96. The first-order valence-electron chi connectivity index (χ1n) is 5.59. The standard InChI is InChI=1S/C13H15ClN2/c1-16-6-4-11(5-7-16)12-3-2-10(9-15)8-13(12)14/h2-3,8,11H,4-7H2,1H3. The minimum atomic E-state index is 0.552.